The summed E-state index contributed by atoms with van der Waals surface area (Å²) in [6, 6.07) is 0.776. The summed E-state index contributed by atoms with van der Waals surface area (Å²) in [4.78, 5) is 0. The highest BCUT2D eigenvalue weighted by molar-refractivity contribution is 4.79. The Bertz CT molecular complexity index is 166. The lowest BCUT2D eigenvalue weighted by Crippen LogP contribution is -2.36. The molecule has 0 aromatic heterocycles. The van der Waals surface area contributed by atoms with Gasteiger partial charge in [-0.1, -0.05) is 58.8 Å². The van der Waals surface area contributed by atoms with Crippen molar-refractivity contribution in [2.45, 2.75) is 84.1 Å². The molecule has 1 heteroatoms. The fourth-order valence-corrected chi connectivity index (χ4v) is 3.62. The van der Waals surface area contributed by atoms with Gasteiger partial charge in [0.2, 0.25) is 0 Å². The molecule has 0 bridgehead atoms. The molecule has 1 rings (SSSR count). The lowest BCUT2D eigenvalue weighted by atomic mass is 9.79. The zero-order chi connectivity index (χ0) is 12.5. The molecule has 1 aliphatic carbocycles. The Morgan fingerprint density at radius 1 is 1.00 bits per heavy atom. The molecule has 0 aliphatic heterocycles. The highest BCUT2D eigenvalue weighted by Gasteiger charge is 2.23. The first-order valence-corrected chi connectivity index (χ1v) is 7.99. The van der Waals surface area contributed by atoms with Crippen LogP contribution in [-0.4, -0.2) is 13.1 Å². The summed E-state index contributed by atoms with van der Waals surface area (Å²) in [5.41, 5.74) is 0. The van der Waals surface area contributed by atoms with Crippen LogP contribution in [0, 0.1) is 11.8 Å². The normalized spacial score (nSPS) is 19.8. The first-order valence-electron chi connectivity index (χ1n) is 7.99. The van der Waals surface area contributed by atoms with Crippen molar-refractivity contribution in [2.75, 3.05) is 7.05 Å². The molecule has 1 N–H and O–H groups in total. The molecule has 1 unspecified atom stereocenters. The highest BCUT2D eigenvalue weighted by Crippen LogP contribution is 2.30. The molecule has 1 fully saturated rings. The zero-order valence-electron chi connectivity index (χ0n) is 12.3. The van der Waals surface area contributed by atoms with Crippen LogP contribution in [-0.2, 0) is 0 Å². The molecule has 0 saturated heterocycles. The van der Waals surface area contributed by atoms with Crippen molar-refractivity contribution in [1.82, 2.24) is 5.32 Å². The summed E-state index contributed by atoms with van der Waals surface area (Å²) in [6.07, 6.45) is 14.3. The molecule has 0 aromatic rings. The molecule has 0 radical (unpaired) electrons. The van der Waals surface area contributed by atoms with E-state index in [4.69, 9.17) is 0 Å². The van der Waals surface area contributed by atoms with E-state index in [1.807, 2.05) is 0 Å². The van der Waals surface area contributed by atoms with Crippen molar-refractivity contribution in [2.24, 2.45) is 11.8 Å². The van der Waals surface area contributed by atoms with Crippen molar-refractivity contribution < 1.29 is 0 Å². The lowest BCUT2D eigenvalue weighted by Gasteiger charge is -2.31. The Kier molecular flexibility index (Phi) is 7.92. The number of hydrogen-bond donors (Lipinski definition) is 1. The van der Waals surface area contributed by atoms with Crippen LogP contribution in [0.4, 0.5) is 0 Å². The molecule has 17 heavy (non-hydrogen) atoms. The smallest absolute Gasteiger partial charge is 0.00949 e. The summed E-state index contributed by atoms with van der Waals surface area (Å²) in [7, 11) is 2.17. The average molecular weight is 239 g/mol. The molecule has 0 spiro atoms. The van der Waals surface area contributed by atoms with Gasteiger partial charge >= 0.3 is 0 Å². The van der Waals surface area contributed by atoms with Crippen LogP contribution in [0.3, 0.4) is 0 Å². The fraction of sp³-hybridized carbons (Fsp3) is 1.00. The van der Waals surface area contributed by atoms with Crippen molar-refractivity contribution in [3.63, 3.8) is 0 Å². The van der Waals surface area contributed by atoms with Gasteiger partial charge < -0.3 is 5.32 Å². The topological polar surface area (TPSA) is 12.0 Å². The van der Waals surface area contributed by atoms with Crippen LogP contribution in [0.2, 0.25) is 0 Å². The van der Waals surface area contributed by atoms with Gasteiger partial charge in [0, 0.05) is 6.04 Å². The maximum absolute atomic E-state index is 3.62. The molecular formula is C16H33N. The largest absolute Gasteiger partial charge is 0.317 e. The van der Waals surface area contributed by atoms with Crippen LogP contribution in [0.5, 0.6) is 0 Å². The van der Waals surface area contributed by atoms with E-state index in [0.29, 0.717) is 0 Å². The second-order valence-corrected chi connectivity index (χ2v) is 5.97. The first-order chi connectivity index (χ1) is 8.31. The van der Waals surface area contributed by atoms with Gasteiger partial charge in [0.25, 0.3) is 0 Å². The molecule has 0 amide bonds. The van der Waals surface area contributed by atoms with Gasteiger partial charge in [-0.2, -0.15) is 0 Å². The van der Waals surface area contributed by atoms with Crippen molar-refractivity contribution >= 4 is 0 Å². The van der Waals surface area contributed by atoms with E-state index < -0.39 is 0 Å². The third-order valence-electron chi connectivity index (χ3n) is 4.57. The van der Waals surface area contributed by atoms with Crippen LogP contribution in [0.1, 0.15) is 78.1 Å². The van der Waals surface area contributed by atoms with E-state index >= 15 is 0 Å². The predicted molar refractivity (Wildman–Crippen MR) is 77.3 cm³/mol. The Morgan fingerprint density at radius 3 is 2.06 bits per heavy atom. The molecule has 102 valence electrons. The van der Waals surface area contributed by atoms with Gasteiger partial charge in [-0.3, -0.25) is 0 Å². The minimum absolute atomic E-state index is 0.776. The molecule has 1 aliphatic rings. The summed E-state index contributed by atoms with van der Waals surface area (Å²) in [6.45, 7) is 4.66. The molecule has 0 aromatic carbocycles. The highest BCUT2D eigenvalue weighted by atomic mass is 14.9. The zero-order valence-corrected chi connectivity index (χ0v) is 12.3. The molecule has 0 heterocycles. The summed E-state index contributed by atoms with van der Waals surface area (Å²) < 4.78 is 0. The number of hydrogen-bond acceptors (Lipinski definition) is 1. The second kappa shape index (κ2) is 8.97. The van der Waals surface area contributed by atoms with Crippen LogP contribution in [0.15, 0.2) is 0 Å². The van der Waals surface area contributed by atoms with Gasteiger partial charge in [-0.25, -0.2) is 0 Å². The lowest BCUT2D eigenvalue weighted by molar-refractivity contribution is 0.240. The molecule has 1 atom stereocenters. The minimum Gasteiger partial charge on any atom is -0.317 e. The van der Waals surface area contributed by atoms with Crippen molar-refractivity contribution in [3.8, 4) is 0 Å². The van der Waals surface area contributed by atoms with Gasteiger partial charge in [-0.15, -0.1) is 0 Å². The number of nitrogens with one attached hydrogen (secondary N) is 1. The Morgan fingerprint density at radius 2 is 1.59 bits per heavy atom. The van der Waals surface area contributed by atoms with E-state index in [9.17, 15) is 0 Å². The molecule has 1 saturated carbocycles. The quantitative estimate of drug-likeness (QED) is 0.644. The molecule has 1 nitrogen and oxygen atoms in total. The summed E-state index contributed by atoms with van der Waals surface area (Å²) in [5, 5.41) is 3.62. The third kappa shape index (κ3) is 5.42. The van der Waals surface area contributed by atoms with Crippen molar-refractivity contribution in [1.29, 1.82) is 0 Å². The van der Waals surface area contributed by atoms with E-state index in [0.717, 1.165) is 17.9 Å². The van der Waals surface area contributed by atoms with Gasteiger partial charge in [-0.05, 0) is 38.1 Å². The first kappa shape index (κ1) is 15.0. The summed E-state index contributed by atoms with van der Waals surface area (Å²) >= 11 is 0. The van der Waals surface area contributed by atoms with E-state index in [2.05, 4.69) is 26.2 Å². The van der Waals surface area contributed by atoms with E-state index in [1.165, 1.54) is 64.2 Å². The molecular weight excluding hydrogens is 206 g/mol. The summed E-state index contributed by atoms with van der Waals surface area (Å²) in [5.74, 6) is 1.93. The SMILES string of the molecule is CCCC(CCC)C(CC1CCCCC1)NC. The fourth-order valence-electron chi connectivity index (χ4n) is 3.62. The minimum atomic E-state index is 0.776. The van der Waals surface area contributed by atoms with E-state index in [1.54, 1.807) is 0 Å². The van der Waals surface area contributed by atoms with Crippen molar-refractivity contribution in [3.05, 3.63) is 0 Å². The maximum Gasteiger partial charge on any atom is 0.00949 e. The maximum atomic E-state index is 3.62. The Balaban J connectivity index is 2.42. The van der Waals surface area contributed by atoms with Gasteiger partial charge in [0.15, 0.2) is 0 Å². The standard InChI is InChI=1S/C16H33N/c1-4-9-15(10-5-2)16(17-3)13-14-11-7-6-8-12-14/h14-17H,4-13H2,1-3H3. The van der Waals surface area contributed by atoms with E-state index in [-0.39, 0.29) is 0 Å². The number of rotatable bonds is 8. The average Bonchev–Trinajstić information content (AvgIpc) is 2.37. The van der Waals surface area contributed by atoms with Crippen LogP contribution in [0.25, 0.3) is 0 Å². The monoisotopic (exact) mass is 239 g/mol. The van der Waals surface area contributed by atoms with Gasteiger partial charge in [0.05, 0.1) is 0 Å². The van der Waals surface area contributed by atoms with Gasteiger partial charge in [0.1, 0.15) is 0 Å². The predicted octanol–water partition coefficient (Wildman–Crippen LogP) is 4.76. The Labute approximate surface area is 109 Å². The van der Waals surface area contributed by atoms with Crippen LogP contribution < -0.4 is 5.32 Å². The third-order valence-corrected chi connectivity index (χ3v) is 4.57. The second-order valence-electron chi connectivity index (χ2n) is 5.97. The van der Waals surface area contributed by atoms with Crippen LogP contribution >= 0.6 is 0 Å². The Hall–Kier alpha value is -0.0400.